The van der Waals surface area contributed by atoms with Crippen LogP contribution < -0.4 is 5.32 Å². The van der Waals surface area contributed by atoms with Gasteiger partial charge in [0, 0.05) is 17.3 Å². The number of nitrogens with one attached hydrogen (secondary N) is 1. The van der Waals surface area contributed by atoms with Gasteiger partial charge in [-0.05, 0) is 18.2 Å². The molecular weight excluding hydrogens is 307 g/mol. The molecule has 1 aromatic heterocycles. The van der Waals surface area contributed by atoms with Gasteiger partial charge in [0.1, 0.15) is 5.69 Å². The average molecular weight is 315 g/mol. The van der Waals surface area contributed by atoms with E-state index in [1.807, 2.05) is 0 Å². The molecule has 0 spiro atoms. The Hall–Kier alpha value is -1.43. The van der Waals surface area contributed by atoms with Crippen LogP contribution in [0.1, 0.15) is 27.8 Å². The van der Waals surface area contributed by atoms with Gasteiger partial charge in [0.15, 0.2) is 10.9 Å². The zero-order valence-corrected chi connectivity index (χ0v) is 12.1. The summed E-state index contributed by atoms with van der Waals surface area (Å²) in [7, 11) is 0. The van der Waals surface area contributed by atoms with Gasteiger partial charge < -0.3 is 0 Å². The smallest absolute Gasteiger partial charge is 0.259 e. The fourth-order valence-electron chi connectivity index (χ4n) is 1.33. The topological polar surface area (TPSA) is 59.1 Å². The van der Waals surface area contributed by atoms with Crippen LogP contribution >= 0.6 is 34.5 Å². The maximum Gasteiger partial charge on any atom is 0.259 e. The number of aromatic nitrogens is 1. The van der Waals surface area contributed by atoms with Crippen LogP contribution in [0.3, 0.4) is 0 Å². The van der Waals surface area contributed by atoms with Crippen molar-refractivity contribution in [1.29, 1.82) is 0 Å². The minimum Gasteiger partial charge on any atom is -0.298 e. The number of rotatable bonds is 3. The summed E-state index contributed by atoms with van der Waals surface area (Å²) in [5, 5.41) is 5.21. The van der Waals surface area contributed by atoms with Crippen molar-refractivity contribution in [3.8, 4) is 0 Å². The van der Waals surface area contributed by atoms with Gasteiger partial charge in [0.05, 0.1) is 10.6 Å². The number of ketones is 1. The number of Topliss-reactive ketones (excluding diaryl/α,β-unsaturated/α-hetero) is 1. The fourth-order valence-corrected chi connectivity index (χ4v) is 2.45. The van der Waals surface area contributed by atoms with Crippen LogP contribution in [0.2, 0.25) is 10.0 Å². The van der Waals surface area contributed by atoms with Crippen molar-refractivity contribution in [1.82, 2.24) is 4.98 Å². The number of nitrogens with zero attached hydrogens (tertiary/aromatic N) is 1. The van der Waals surface area contributed by atoms with Crippen molar-refractivity contribution in [3.05, 3.63) is 44.9 Å². The molecule has 0 bridgehead atoms. The molecule has 0 radical (unpaired) electrons. The highest BCUT2D eigenvalue weighted by molar-refractivity contribution is 7.14. The van der Waals surface area contributed by atoms with Crippen molar-refractivity contribution < 1.29 is 9.59 Å². The molecule has 19 heavy (non-hydrogen) atoms. The molecule has 1 amide bonds. The predicted octanol–water partition coefficient (Wildman–Crippen LogP) is 3.90. The number of anilines is 1. The lowest BCUT2D eigenvalue weighted by Gasteiger charge is -2.04. The number of carbonyl (C=O) groups is 2. The number of carbonyl (C=O) groups excluding carboxylic acids is 2. The Morgan fingerprint density at radius 2 is 2.05 bits per heavy atom. The van der Waals surface area contributed by atoms with Crippen molar-refractivity contribution in [2.45, 2.75) is 6.92 Å². The maximum absolute atomic E-state index is 12.0. The molecule has 0 fully saturated rings. The summed E-state index contributed by atoms with van der Waals surface area (Å²) >= 11 is 12.9. The SMILES string of the molecule is CC(=O)c1csc(NC(=O)c2cc(Cl)ccc2Cl)n1. The Balaban J connectivity index is 2.20. The van der Waals surface area contributed by atoms with E-state index in [0.29, 0.717) is 20.9 Å². The highest BCUT2D eigenvalue weighted by Gasteiger charge is 2.14. The van der Waals surface area contributed by atoms with Crippen molar-refractivity contribution in [2.24, 2.45) is 0 Å². The van der Waals surface area contributed by atoms with Gasteiger partial charge in [-0.2, -0.15) is 0 Å². The van der Waals surface area contributed by atoms with Gasteiger partial charge in [0.2, 0.25) is 0 Å². The monoisotopic (exact) mass is 314 g/mol. The van der Waals surface area contributed by atoms with Crippen LogP contribution in [0.5, 0.6) is 0 Å². The van der Waals surface area contributed by atoms with E-state index >= 15 is 0 Å². The molecule has 0 aliphatic heterocycles. The summed E-state index contributed by atoms with van der Waals surface area (Å²) in [6, 6.07) is 4.61. The third kappa shape index (κ3) is 3.32. The standard InChI is InChI=1S/C12H8Cl2N2O2S/c1-6(17)10-5-19-12(15-10)16-11(18)8-4-7(13)2-3-9(8)14/h2-5H,1H3,(H,15,16,18). The minimum absolute atomic E-state index is 0.155. The van der Waals surface area contributed by atoms with E-state index in [1.165, 1.54) is 24.3 Å². The molecule has 0 aliphatic carbocycles. The Morgan fingerprint density at radius 1 is 1.32 bits per heavy atom. The molecule has 0 unspecified atom stereocenters. The van der Waals surface area contributed by atoms with Gasteiger partial charge in [-0.3, -0.25) is 14.9 Å². The molecule has 2 aromatic rings. The largest absolute Gasteiger partial charge is 0.298 e. The number of hydrogen-bond donors (Lipinski definition) is 1. The summed E-state index contributed by atoms with van der Waals surface area (Å²) in [5.74, 6) is -0.575. The zero-order valence-electron chi connectivity index (χ0n) is 9.74. The minimum atomic E-state index is -0.419. The number of benzene rings is 1. The lowest BCUT2D eigenvalue weighted by molar-refractivity contribution is 0.100. The molecule has 98 valence electrons. The van der Waals surface area contributed by atoms with Gasteiger partial charge in [0.25, 0.3) is 5.91 Å². The molecule has 7 heteroatoms. The first-order chi connectivity index (χ1) is 8.97. The summed E-state index contributed by atoms with van der Waals surface area (Å²) in [6.45, 7) is 1.41. The summed E-state index contributed by atoms with van der Waals surface area (Å²) in [4.78, 5) is 27.1. The third-order valence-electron chi connectivity index (χ3n) is 2.26. The van der Waals surface area contributed by atoms with E-state index in [0.717, 1.165) is 0 Å². The summed E-state index contributed by atoms with van der Waals surface area (Å²) in [6.07, 6.45) is 0. The van der Waals surface area contributed by atoms with Crippen LogP contribution in [-0.2, 0) is 0 Å². The van der Waals surface area contributed by atoms with Crippen molar-refractivity contribution >= 4 is 51.4 Å². The number of amides is 1. The molecule has 1 N–H and O–H groups in total. The van der Waals surface area contributed by atoms with Gasteiger partial charge >= 0.3 is 0 Å². The van der Waals surface area contributed by atoms with Crippen molar-refractivity contribution in [3.63, 3.8) is 0 Å². The van der Waals surface area contributed by atoms with E-state index < -0.39 is 5.91 Å². The molecule has 4 nitrogen and oxygen atoms in total. The first kappa shape index (κ1) is 14.0. The van der Waals surface area contributed by atoms with E-state index in [1.54, 1.807) is 17.5 Å². The molecule has 1 heterocycles. The lowest BCUT2D eigenvalue weighted by Crippen LogP contribution is -2.12. The van der Waals surface area contributed by atoms with Crippen molar-refractivity contribution in [2.75, 3.05) is 5.32 Å². The Bertz CT molecular complexity index is 655. The second-order valence-corrected chi connectivity index (χ2v) is 5.37. The highest BCUT2D eigenvalue weighted by Crippen LogP contribution is 2.23. The van der Waals surface area contributed by atoms with E-state index in [4.69, 9.17) is 23.2 Å². The number of thiazole rings is 1. The van der Waals surface area contributed by atoms with Crippen LogP contribution in [0, 0.1) is 0 Å². The second kappa shape index (κ2) is 5.69. The van der Waals surface area contributed by atoms with E-state index in [2.05, 4.69) is 10.3 Å². The molecule has 2 rings (SSSR count). The third-order valence-corrected chi connectivity index (χ3v) is 3.58. The van der Waals surface area contributed by atoms with Gasteiger partial charge in [-0.1, -0.05) is 23.2 Å². The molecule has 0 saturated carbocycles. The Kier molecular flexibility index (Phi) is 4.19. The number of hydrogen-bond acceptors (Lipinski definition) is 4. The molecule has 0 saturated heterocycles. The molecule has 0 aliphatic rings. The summed E-state index contributed by atoms with van der Waals surface area (Å²) < 4.78 is 0. The second-order valence-electron chi connectivity index (χ2n) is 3.67. The van der Waals surface area contributed by atoms with Crippen LogP contribution in [0.25, 0.3) is 0 Å². The van der Waals surface area contributed by atoms with Crippen LogP contribution in [0.15, 0.2) is 23.6 Å². The Labute approximate surface area is 123 Å². The molecule has 1 aromatic carbocycles. The van der Waals surface area contributed by atoms with Gasteiger partial charge in [-0.25, -0.2) is 4.98 Å². The Morgan fingerprint density at radius 3 is 2.68 bits per heavy atom. The molecule has 0 atom stereocenters. The first-order valence-corrected chi connectivity index (χ1v) is 6.84. The normalized spacial score (nSPS) is 10.3. The fraction of sp³-hybridized carbons (Fsp3) is 0.0833. The van der Waals surface area contributed by atoms with Gasteiger partial charge in [-0.15, -0.1) is 11.3 Å². The lowest BCUT2D eigenvalue weighted by atomic mass is 10.2. The van der Waals surface area contributed by atoms with Crippen LogP contribution in [0.4, 0.5) is 5.13 Å². The molecular formula is C12H8Cl2N2O2S. The summed E-state index contributed by atoms with van der Waals surface area (Å²) in [5.41, 5.74) is 0.575. The predicted molar refractivity (Wildman–Crippen MR) is 76.5 cm³/mol. The zero-order chi connectivity index (χ0) is 14.0. The van der Waals surface area contributed by atoms with E-state index in [-0.39, 0.29) is 11.3 Å². The first-order valence-electron chi connectivity index (χ1n) is 5.20. The maximum atomic E-state index is 12.0. The highest BCUT2D eigenvalue weighted by atomic mass is 35.5. The van der Waals surface area contributed by atoms with E-state index in [9.17, 15) is 9.59 Å². The quantitative estimate of drug-likeness (QED) is 0.874. The van der Waals surface area contributed by atoms with Crippen LogP contribution in [-0.4, -0.2) is 16.7 Å². The average Bonchev–Trinajstić information content (AvgIpc) is 2.80. The number of halogens is 2.